The van der Waals surface area contributed by atoms with Gasteiger partial charge in [0.25, 0.3) is 15.9 Å². The summed E-state index contributed by atoms with van der Waals surface area (Å²) < 4.78 is 27.3. The minimum Gasteiger partial charge on any atom is -0.339 e. The number of rotatable bonds is 5. The molecule has 1 aliphatic rings. The van der Waals surface area contributed by atoms with Crippen molar-refractivity contribution in [1.82, 2.24) is 4.90 Å². The van der Waals surface area contributed by atoms with Crippen molar-refractivity contribution < 1.29 is 13.2 Å². The molecular weight excluding hydrogens is 348 g/mol. The minimum atomic E-state index is -3.72. The molecule has 0 bridgehead atoms. The van der Waals surface area contributed by atoms with Crippen molar-refractivity contribution in [1.29, 1.82) is 0 Å². The van der Waals surface area contributed by atoms with Crippen LogP contribution in [0.2, 0.25) is 0 Å². The van der Waals surface area contributed by atoms with Crippen molar-refractivity contribution in [2.45, 2.75) is 19.3 Å². The van der Waals surface area contributed by atoms with Crippen LogP contribution in [-0.4, -0.2) is 32.3 Å². The number of nitrogens with zero attached hydrogens (tertiary/aromatic N) is 1. The van der Waals surface area contributed by atoms with E-state index in [1.165, 1.54) is 6.08 Å². The Morgan fingerprint density at radius 2 is 1.58 bits per heavy atom. The first-order valence-electron chi connectivity index (χ1n) is 8.69. The summed E-state index contributed by atoms with van der Waals surface area (Å²) in [5.41, 5.74) is 1.47. The Morgan fingerprint density at radius 1 is 0.923 bits per heavy atom. The second-order valence-electron chi connectivity index (χ2n) is 6.26. The molecule has 0 aliphatic carbocycles. The van der Waals surface area contributed by atoms with Crippen LogP contribution < -0.4 is 4.72 Å². The Labute approximate surface area is 154 Å². The Balaban J connectivity index is 1.79. The van der Waals surface area contributed by atoms with Crippen LogP contribution >= 0.6 is 0 Å². The average Bonchev–Trinajstić information content (AvgIpc) is 2.68. The smallest absolute Gasteiger partial charge is 0.255 e. The van der Waals surface area contributed by atoms with Gasteiger partial charge in [-0.15, -0.1) is 0 Å². The quantitative estimate of drug-likeness (QED) is 0.872. The summed E-state index contributed by atoms with van der Waals surface area (Å²) >= 11 is 0. The predicted octanol–water partition coefficient (Wildman–Crippen LogP) is 3.73. The van der Waals surface area contributed by atoms with E-state index in [1.807, 2.05) is 30.3 Å². The maximum atomic E-state index is 12.8. The number of nitrogens with one attached hydrogen (secondary N) is 1. The molecule has 1 heterocycles. The molecule has 2 aromatic carbocycles. The number of benzene rings is 2. The van der Waals surface area contributed by atoms with Crippen LogP contribution in [0.1, 0.15) is 35.2 Å². The Bertz CT molecular complexity index is 886. The van der Waals surface area contributed by atoms with Crippen molar-refractivity contribution in [2.24, 2.45) is 0 Å². The van der Waals surface area contributed by atoms with Gasteiger partial charge in [-0.3, -0.25) is 9.52 Å². The number of hydrogen-bond acceptors (Lipinski definition) is 3. The number of carbonyl (C=O) groups excluding carboxylic acids is 1. The zero-order valence-electron chi connectivity index (χ0n) is 14.5. The summed E-state index contributed by atoms with van der Waals surface area (Å²) in [6, 6.07) is 15.9. The van der Waals surface area contributed by atoms with Gasteiger partial charge < -0.3 is 4.90 Å². The van der Waals surface area contributed by atoms with Crippen LogP contribution in [0, 0.1) is 0 Å². The Hall–Kier alpha value is -2.60. The summed E-state index contributed by atoms with van der Waals surface area (Å²) in [4.78, 5) is 14.5. The first kappa shape index (κ1) is 18.2. The predicted molar refractivity (Wildman–Crippen MR) is 104 cm³/mol. The molecule has 3 rings (SSSR count). The van der Waals surface area contributed by atoms with E-state index in [-0.39, 0.29) is 5.91 Å². The summed E-state index contributed by atoms with van der Waals surface area (Å²) in [5.74, 6) is -0.130. The molecular formula is C20H22N2O3S. The third kappa shape index (κ3) is 4.73. The molecule has 0 aromatic heterocycles. The molecule has 2 aromatic rings. The standard InChI is InChI=1S/C20H22N2O3S/c23-20(22-14-7-2-8-15-22)18-11-5-6-12-19(18)21-26(24,25)16-13-17-9-3-1-4-10-17/h1,3-6,9-13,16,21H,2,7-8,14-15H2/b16-13+. The number of amides is 1. The van der Waals surface area contributed by atoms with Crippen molar-refractivity contribution in [2.75, 3.05) is 17.8 Å². The lowest BCUT2D eigenvalue weighted by molar-refractivity contribution is 0.0725. The number of hydrogen-bond donors (Lipinski definition) is 1. The van der Waals surface area contributed by atoms with E-state index < -0.39 is 10.0 Å². The van der Waals surface area contributed by atoms with Crippen molar-refractivity contribution in [3.8, 4) is 0 Å². The normalized spacial score (nSPS) is 15.2. The van der Waals surface area contributed by atoms with Gasteiger partial charge in [-0.2, -0.15) is 0 Å². The number of para-hydroxylation sites is 1. The number of anilines is 1. The molecule has 1 aliphatic heterocycles. The summed E-state index contributed by atoms with van der Waals surface area (Å²) in [6.45, 7) is 1.43. The monoisotopic (exact) mass is 370 g/mol. The molecule has 136 valence electrons. The highest BCUT2D eigenvalue weighted by atomic mass is 32.2. The number of carbonyl (C=O) groups is 1. The topological polar surface area (TPSA) is 66.5 Å². The largest absolute Gasteiger partial charge is 0.339 e. The lowest BCUT2D eigenvalue weighted by atomic mass is 10.1. The third-order valence-electron chi connectivity index (χ3n) is 4.29. The van der Waals surface area contributed by atoms with Crippen LogP contribution in [0.15, 0.2) is 60.0 Å². The maximum Gasteiger partial charge on any atom is 0.255 e. The SMILES string of the molecule is O=C(c1ccccc1NS(=O)(=O)/C=C/c1ccccc1)N1CCCCC1. The van der Waals surface area contributed by atoms with Gasteiger partial charge in [-0.25, -0.2) is 8.42 Å². The molecule has 0 unspecified atom stereocenters. The molecule has 5 nitrogen and oxygen atoms in total. The average molecular weight is 370 g/mol. The van der Waals surface area contributed by atoms with Gasteiger partial charge >= 0.3 is 0 Å². The van der Waals surface area contributed by atoms with Crippen molar-refractivity contribution in [3.05, 3.63) is 71.1 Å². The van der Waals surface area contributed by atoms with E-state index in [9.17, 15) is 13.2 Å². The van der Waals surface area contributed by atoms with E-state index in [4.69, 9.17) is 0 Å². The first-order chi connectivity index (χ1) is 12.6. The van der Waals surface area contributed by atoms with Crippen molar-refractivity contribution >= 4 is 27.7 Å². The van der Waals surface area contributed by atoms with E-state index in [2.05, 4.69) is 4.72 Å². The van der Waals surface area contributed by atoms with Crippen LogP contribution in [0.5, 0.6) is 0 Å². The molecule has 0 spiro atoms. The lowest BCUT2D eigenvalue weighted by Gasteiger charge is -2.27. The first-order valence-corrected chi connectivity index (χ1v) is 10.2. The lowest BCUT2D eigenvalue weighted by Crippen LogP contribution is -2.36. The van der Waals surface area contributed by atoms with Crippen LogP contribution in [0.25, 0.3) is 6.08 Å². The van der Waals surface area contributed by atoms with Gasteiger partial charge in [0, 0.05) is 13.1 Å². The number of piperidine rings is 1. The van der Waals surface area contributed by atoms with Crippen LogP contribution in [0.4, 0.5) is 5.69 Å². The molecule has 1 fully saturated rings. The Kier molecular flexibility index (Phi) is 5.73. The van der Waals surface area contributed by atoms with Gasteiger partial charge in [-0.05, 0) is 43.0 Å². The molecule has 1 amide bonds. The van der Waals surface area contributed by atoms with Gasteiger partial charge in [0.1, 0.15) is 0 Å². The van der Waals surface area contributed by atoms with E-state index in [0.717, 1.165) is 30.2 Å². The zero-order valence-corrected chi connectivity index (χ0v) is 15.3. The third-order valence-corrected chi connectivity index (χ3v) is 5.29. The second-order valence-corrected chi connectivity index (χ2v) is 7.83. The molecule has 0 atom stereocenters. The summed E-state index contributed by atoms with van der Waals surface area (Å²) in [5, 5.41) is 1.12. The highest BCUT2D eigenvalue weighted by Gasteiger charge is 2.21. The van der Waals surface area contributed by atoms with Gasteiger partial charge in [0.05, 0.1) is 16.7 Å². The van der Waals surface area contributed by atoms with Crippen molar-refractivity contribution in [3.63, 3.8) is 0 Å². The number of likely N-dealkylation sites (tertiary alicyclic amines) is 1. The fourth-order valence-corrected chi connectivity index (χ4v) is 3.83. The molecule has 1 saturated heterocycles. The highest BCUT2D eigenvalue weighted by molar-refractivity contribution is 7.95. The summed E-state index contributed by atoms with van der Waals surface area (Å²) in [7, 11) is -3.72. The van der Waals surface area contributed by atoms with Crippen LogP contribution in [-0.2, 0) is 10.0 Å². The molecule has 1 N–H and O–H groups in total. The molecule has 0 radical (unpaired) electrons. The van der Waals surface area contributed by atoms with Gasteiger partial charge in [0.15, 0.2) is 0 Å². The fraction of sp³-hybridized carbons (Fsp3) is 0.250. The van der Waals surface area contributed by atoms with E-state index >= 15 is 0 Å². The van der Waals surface area contributed by atoms with E-state index in [0.29, 0.717) is 24.3 Å². The summed E-state index contributed by atoms with van der Waals surface area (Å²) in [6.07, 6.45) is 4.62. The maximum absolute atomic E-state index is 12.8. The second kappa shape index (κ2) is 8.19. The molecule has 6 heteroatoms. The molecule has 0 saturated carbocycles. The highest BCUT2D eigenvalue weighted by Crippen LogP contribution is 2.21. The molecule has 26 heavy (non-hydrogen) atoms. The minimum absolute atomic E-state index is 0.130. The van der Waals surface area contributed by atoms with Gasteiger partial charge in [0.2, 0.25) is 0 Å². The number of sulfonamides is 1. The van der Waals surface area contributed by atoms with Crippen LogP contribution in [0.3, 0.4) is 0 Å². The van der Waals surface area contributed by atoms with Gasteiger partial charge in [-0.1, -0.05) is 42.5 Å². The Morgan fingerprint density at radius 3 is 2.31 bits per heavy atom. The van der Waals surface area contributed by atoms with E-state index in [1.54, 1.807) is 29.2 Å². The zero-order chi connectivity index (χ0) is 18.4. The fourth-order valence-electron chi connectivity index (χ4n) is 2.95.